The van der Waals surface area contributed by atoms with Gasteiger partial charge in [0, 0.05) is 28.2 Å². The molecule has 0 amide bonds. The highest BCUT2D eigenvalue weighted by Crippen LogP contribution is 2.29. The lowest BCUT2D eigenvalue weighted by Crippen LogP contribution is -2.24. The molecule has 3 rings (SSSR count). The molecule has 0 fully saturated rings. The van der Waals surface area contributed by atoms with Crippen LogP contribution in [0.4, 0.5) is 0 Å². The van der Waals surface area contributed by atoms with Crippen molar-refractivity contribution >= 4 is 34.4 Å². The normalized spacial score (nSPS) is 11.8. The number of hydrogen-bond donors (Lipinski definition) is 0. The van der Waals surface area contributed by atoms with Crippen LogP contribution >= 0.6 is 11.6 Å². The van der Waals surface area contributed by atoms with E-state index >= 15 is 0 Å². The molecule has 32 heavy (non-hydrogen) atoms. The lowest BCUT2D eigenvalue weighted by molar-refractivity contribution is -0.147. The number of nitrogens with zero attached hydrogens (tertiary/aromatic N) is 1. The number of esters is 2. The van der Waals surface area contributed by atoms with E-state index in [0.717, 1.165) is 27.7 Å². The Bertz CT molecular complexity index is 1180. The quantitative estimate of drug-likeness (QED) is 0.343. The Morgan fingerprint density at radius 2 is 1.94 bits per heavy atom. The molecule has 6 nitrogen and oxygen atoms in total. The number of aromatic nitrogens is 1. The van der Waals surface area contributed by atoms with Gasteiger partial charge in [-0.2, -0.15) is 0 Å². The fraction of sp³-hybridized carbons (Fsp3) is 0.280. The summed E-state index contributed by atoms with van der Waals surface area (Å²) in [4.78, 5) is 23.9. The molecule has 1 aromatic heterocycles. The van der Waals surface area contributed by atoms with Gasteiger partial charge in [0.05, 0.1) is 12.7 Å². The Kier molecular flexibility index (Phi) is 7.26. The number of rotatable bonds is 8. The van der Waals surface area contributed by atoms with E-state index < -0.39 is 12.1 Å². The number of carbonyl (C=O) groups excluding carboxylic acids is 2. The number of fused-ring (bicyclic) bond motifs is 1. The second-order valence-electron chi connectivity index (χ2n) is 7.49. The van der Waals surface area contributed by atoms with E-state index in [1.165, 1.54) is 13.2 Å². The van der Waals surface area contributed by atoms with Crippen LogP contribution in [0.25, 0.3) is 10.9 Å². The van der Waals surface area contributed by atoms with Crippen LogP contribution in [0, 0.1) is 13.8 Å². The van der Waals surface area contributed by atoms with Gasteiger partial charge < -0.3 is 18.8 Å². The highest BCUT2D eigenvalue weighted by atomic mass is 35.5. The topological polar surface area (TPSA) is 66.8 Å². The van der Waals surface area contributed by atoms with Crippen molar-refractivity contribution in [2.24, 2.45) is 0 Å². The third-order valence-corrected chi connectivity index (χ3v) is 5.54. The molecule has 0 aliphatic carbocycles. The largest absolute Gasteiger partial charge is 0.479 e. The minimum absolute atomic E-state index is 0.170. The van der Waals surface area contributed by atoms with Gasteiger partial charge in [-0.15, -0.1) is 0 Å². The molecule has 0 saturated heterocycles. The molecule has 0 aliphatic rings. The maximum Gasteiger partial charge on any atom is 0.346 e. The molecule has 3 aromatic rings. The zero-order valence-corrected chi connectivity index (χ0v) is 19.4. The van der Waals surface area contributed by atoms with Crippen LogP contribution < -0.4 is 4.74 Å². The molecule has 0 saturated carbocycles. The summed E-state index contributed by atoms with van der Waals surface area (Å²) in [6.45, 7) is 9.96. The fourth-order valence-corrected chi connectivity index (χ4v) is 3.83. The molecule has 1 heterocycles. The van der Waals surface area contributed by atoms with Crippen molar-refractivity contribution in [2.75, 3.05) is 13.7 Å². The van der Waals surface area contributed by atoms with Crippen molar-refractivity contribution in [1.29, 1.82) is 0 Å². The molecule has 0 N–H and O–H groups in total. The number of ether oxygens (including phenoxy) is 3. The predicted octanol–water partition coefficient (Wildman–Crippen LogP) is 5.24. The molecule has 7 heteroatoms. The fourth-order valence-electron chi connectivity index (χ4n) is 3.58. The van der Waals surface area contributed by atoms with Gasteiger partial charge in [0.25, 0.3) is 0 Å². The lowest BCUT2D eigenvalue weighted by atomic mass is 10.1. The highest BCUT2D eigenvalue weighted by Gasteiger charge is 2.17. The Hall–Kier alpha value is -3.25. The van der Waals surface area contributed by atoms with Gasteiger partial charge in [0.15, 0.2) is 6.10 Å². The van der Waals surface area contributed by atoms with Gasteiger partial charge in [-0.25, -0.2) is 9.59 Å². The van der Waals surface area contributed by atoms with Gasteiger partial charge in [-0.05, 0) is 68.3 Å². The number of benzene rings is 2. The molecule has 2 aromatic carbocycles. The Labute approximate surface area is 192 Å². The summed E-state index contributed by atoms with van der Waals surface area (Å²) in [5, 5.41) is 1.49. The van der Waals surface area contributed by atoms with Gasteiger partial charge in [-0.1, -0.05) is 24.3 Å². The monoisotopic (exact) mass is 455 g/mol. The molecule has 168 valence electrons. The number of halogens is 1. The average Bonchev–Trinajstić information content (AvgIpc) is 3.00. The molecule has 0 aliphatic heterocycles. The molecule has 1 atom stereocenters. The van der Waals surface area contributed by atoms with Crippen molar-refractivity contribution in [3.05, 3.63) is 76.5 Å². The van der Waals surface area contributed by atoms with E-state index in [1.807, 2.05) is 38.1 Å². The first-order valence-corrected chi connectivity index (χ1v) is 10.5. The Morgan fingerprint density at radius 3 is 2.62 bits per heavy atom. The summed E-state index contributed by atoms with van der Waals surface area (Å²) in [7, 11) is 1.32. The maximum atomic E-state index is 12.2. The van der Waals surface area contributed by atoms with Crippen molar-refractivity contribution in [3.8, 4) is 5.75 Å². The first-order valence-electron chi connectivity index (χ1n) is 10.2. The summed E-state index contributed by atoms with van der Waals surface area (Å²) < 4.78 is 17.7. The van der Waals surface area contributed by atoms with Crippen molar-refractivity contribution in [2.45, 2.75) is 33.4 Å². The molecule has 0 spiro atoms. The van der Waals surface area contributed by atoms with Crippen LogP contribution in [0.2, 0.25) is 5.02 Å². The van der Waals surface area contributed by atoms with Gasteiger partial charge >= 0.3 is 11.9 Å². The summed E-state index contributed by atoms with van der Waals surface area (Å²) >= 11 is 6.31. The minimum atomic E-state index is -0.748. The Morgan fingerprint density at radius 1 is 1.19 bits per heavy atom. The number of carbonyl (C=O) groups is 2. The molecule has 1 unspecified atom stereocenters. The predicted molar refractivity (Wildman–Crippen MR) is 125 cm³/mol. The third kappa shape index (κ3) is 4.97. The first kappa shape index (κ1) is 23.4. The molecular weight excluding hydrogens is 430 g/mol. The number of hydrogen-bond acceptors (Lipinski definition) is 5. The summed E-state index contributed by atoms with van der Waals surface area (Å²) in [6, 6.07) is 10.9. The number of methoxy groups -OCH3 is 1. The van der Waals surface area contributed by atoms with E-state index in [9.17, 15) is 9.59 Å². The third-order valence-electron chi connectivity index (χ3n) is 5.32. The average molecular weight is 456 g/mol. The second-order valence-corrected chi connectivity index (χ2v) is 7.93. The van der Waals surface area contributed by atoms with Gasteiger partial charge in [0.1, 0.15) is 12.4 Å². The summed E-state index contributed by atoms with van der Waals surface area (Å²) in [6.07, 6.45) is 0.791. The Balaban J connectivity index is 1.93. The van der Waals surface area contributed by atoms with Crippen LogP contribution in [0.15, 0.2) is 49.1 Å². The maximum absolute atomic E-state index is 12.2. The van der Waals surface area contributed by atoms with Crippen molar-refractivity contribution in [1.82, 2.24) is 4.57 Å². The number of aryl methyl sites for hydroxylation is 1. The van der Waals surface area contributed by atoms with Crippen LogP contribution in [0.1, 0.15) is 34.1 Å². The zero-order valence-electron chi connectivity index (χ0n) is 18.6. The first-order chi connectivity index (χ1) is 15.2. The van der Waals surface area contributed by atoms with Crippen LogP contribution in [0.5, 0.6) is 5.75 Å². The molecule has 0 radical (unpaired) electrons. The van der Waals surface area contributed by atoms with E-state index in [-0.39, 0.29) is 12.6 Å². The minimum Gasteiger partial charge on any atom is -0.479 e. The van der Waals surface area contributed by atoms with Crippen LogP contribution in [-0.2, 0) is 20.8 Å². The van der Waals surface area contributed by atoms with Crippen molar-refractivity contribution in [3.63, 3.8) is 0 Å². The van der Waals surface area contributed by atoms with Crippen molar-refractivity contribution < 1.29 is 23.8 Å². The zero-order chi connectivity index (χ0) is 23.4. The van der Waals surface area contributed by atoms with E-state index in [0.29, 0.717) is 22.9 Å². The van der Waals surface area contributed by atoms with E-state index in [2.05, 4.69) is 11.1 Å². The standard InChI is InChI=1S/C25H26ClNO5/c1-6-9-31-25(29)19-7-8-23-22(12-19)15(2)16(3)27(23)14-18-10-20(26)13-21(11-18)32-17(4)24(28)30-5/h6-8,10-13,17H,1,9,14H2,2-5H3. The van der Waals surface area contributed by atoms with Gasteiger partial charge in [0.2, 0.25) is 0 Å². The van der Waals surface area contributed by atoms with Crippen LogP contribution in [-0.4, -0.2) is 36.3 Å². The van der Waals surface area contributed by atoms with E-state index in [1.54, 1.807) is 19.1 Å². The molecular formula is C25H26ClNO5. The second kappa shape index (κ2) is 9.92. The molecule has 0 bridgehead atoms. The lowest BCUT2D eigenvalue weighted by Gasteiger charge is -2.15. The van der Waals surface area contributed by atoms with Crippen LogP contribution in [0.3, 0.4) is 0 Å². The smallest absolute Gasteiger partial charge is 0.346 e. The SMILES string of the molecule is C=CCOC(=O)c1ccc2c(c1)c(C)c(C)n2Cc1cc(Cl)cc(OC(C)C(=O)OC)c1. The van der Waals surface area contributed by atoms with E-state index in [4.69, 9.17) is 25.8 Å². The van der Waals surface area contributed by atoms with Gasteiger partial charge in [-0.3, -0.25) is 0 Å². The summed E-state index contributed by atoms with van der Waals surface area (Å²) in [5.74, 6) is -0.353. The summed E-state index contributed by atoms with van der Waals surface area (Å²) in [5.41, 5.74) is 4.55. The highest BCUT2D eigenvalue weighted by molar-refractivity contribution is 6.30.